The number of benzene rings is 2. The van der Waals surface area contributed by atoms with Gasteiger partial charge in [0.2, 0.25) is 0 Å². The molecule has 2 aromatic rings. The Labute approximate surface area is 188 Å². The molecule has 3 rings (SSSR count). The number of morpholine rings is 1. The van der Waals surface area contributed by atoms with Gasteiger partial charge in [0, 0.05) is 42.5 Å². The zero-order chi connectivity index (χ0) is 22.4. The third-order valence-electron chi connectivity index (χ3n) is 4.96. The molecule has 2 aromatic carbocycles. The van der Waals surface area contributed by atoms with Crippen LogP contribution in [0.1, 0.15) is 30.6 Å². The van der Waals surface area contributed by atoms with Crippen molar-refractivity contribution in [3.05, 3.63) is 59.1 Å². The Morgan fingerprint density at radius 1 is 1.06 bits per heavy atom. The number of rotatable bonds is 8. The van der Waals surface area contributed by atoms with Crippen LogP contribution in [0.2, 0.25) is 5.02 Å². The molecule has 31 heavy (non-hydrogen) atoms. The third kappa shape index (κ3) is 6.93. The summed E-state index contributed by atoms with van der Waals surface area (Å²) in [6.45, 7) is 7.39. The molecule has 7 nitrogen and oxygen atoms in total. The molecule has 0 saturated carbocycles. The summed E-state index contributed by atoms with van der Waals surface area (Å²) >= 11 is 5.82. The highest BCUT2D eigenvalue weighted by Crippen LogP contribution is 2.19. The summed E-state index contributed by atoms with van der Waals surface area (Å²) in [4.78, 5) is 14.8. The van der Waals surface area contributed by atoms with Gasteiger partial charge in [-0.3, -0.25) is 14.4 Å². The van der Waals surface area contributed by atoms with Crippen molar-refractivity contribution >= 4 is 33.2 Å². The maximum absolute atomic E-state index is 12.5. The van der Waals surface area contributed by atoms with Gasteiger partial charge >= 0.3 is 0 Å². The molecule has 1 saturated heterocycles. The number of anilines is 1. The van der Waals surface area contributed by atoms with Crippen LogP contribution in [0.5, 0.6) is 0 Å². The fraction of sp³-hybridized carbons (Fsp3) is 0.409. The lowest BCUT2D eigenvalue weighted by Gasteiger charge is -2.35. The van der Waals surface area contributed by atoms with E-state index in [9.17, 15) is 13.2 Å². The molecular weight excluding hydrogens is 438 g/mol. The van der Waals surface area contributed by atoms with E-state index in [-0.39, 0.29) is 23.0 Å². The number of carbonyl (C=O) groups is 1. The van der Waals surface area contributed by atoms with Crippen LogP contribution in [-0.4, -0.2) is 57.6 Å². The standard InChI is InChI=1S/C22H28ClN3O4S/c1-16-14-26(15-17(2)30-16)13-3-12-24-22(27)18-4-10-21(11-5-18)31(28,29)25-20-8-6-19(23)7-9-20/h4-11,16-17,25H,3,12-15H2,1-2H3,(H,24,27)/t16-,17+. The quantitative estimate of drug-likeness (QED) is 0.583. The Hall–Kier alpha value is -2.13. The van der Waals surface area contributed by atoms with Crippen LogP contribution < -0.4 is 10.0 Å². The molecular formula is C22H28ClN3O4S. The lowest BCUT2D eigenvalue weighted by atomic mass is 10.2. The Balaban J connectivity index is 1.48. The van der Waals surface area contributed by atoms with Gasteiger partial charge in [-0.25, -0.2) is 8.42 Å². The monoisotopic (exact) mass is 465 g/mol. The molecule has 0 unspecified atom stereocenters. The Bertz CT molecular complexity index is 971. The highest BCUT2D eigenvalue weighted by molar-refractivity contribution is 7.92. The first-order valence-electron chi connectivity index (χ1n) is 10.3. The van der Waals surface area contributed by atoms with Crippen molar-refractivity contribution in [2.24, 2.45) is 0 Å². The normalized spacial score (nSPS) is 19.7. The second kappa shape index (κ2) is 10.5. The molecule has 0 aliphatic carbocycles. The van der Waals surface area contributed by atoms with Crippen LogP contribution in [0.25, 0.3) is 0 Å². The largest absolute Gasteiger partial charge is 0.373 e. The van der Waals surface area contributed by atoms with E-state index in [1.54, 1.807) is 24.3 Å². The van der Waals surface area contributed by atoms with E-state index in [2.05, 4.69) is 28.8 Å². The van der Waals surface area contributed by atoms with Gasteiger partial charge in [-0.05, 0) is 68.8 Å². The molecule has 1 aliphatic rings. The average Bonchev–Trinajstić information content (AvgIpc) is 2.72. The molecule has 168 valence electrons. The summed E-state index contributed by atoms with van der Waals surface area (Å²) in [5.74, 6) is -0.224. The zero-order valence-electron chi connectivity index (χ0n) is 17.7. The summed E-state index contributed by atoms with van der Waals surface area (Å²) in [5.41, 5.74) is 0.828. The van der Waals surface area contributed by atoms with Gasteiger partial charge in [0.1, 0.15) is 0 Å². The highest BCUT2D eigenvalue weighted by Gasteiger charge is 2.21. The van der Waals surface area contributed by atoms with Crippen LogP contribution in [0, 0.1) is 0 Å². The Morgan fingerprint density at radius 3 is 2.29 bits per heavy atom. The van der Waals surface area contributed by atoms with Crippen LogP contribution in [0.15, 0.2) is 53.4 Å². The minimum absolute atomic E-state index is 0.0783. The van der Waals surface area contributed by atoms with Gasteiger partial charge in [0.15, 0.2) is 0 Å². The minimum Gasteiger partial charge on any atom is -0.373 e. The zero-order valence-corrected chi connectivity index (χ0v) is 19.2. The number of ether oxygens (including phenoxy) is 1. The number of amides is 1. The molecule has 0 spiro atoms. The molecule has 2 N–H and O–H groups in total. The predicted octanol–water partition coefficient (Wildman–Crippen LogP) is 3.37. The lowest BCUT2D eigenvalue weighted by molar-refractivity contribution is -0.0680. The van der Waals surface area contributed by atoms with Gasteiger partial charge in [-0.1, -0.05) is 11.6 Å². The number of hydrogen-bond acceptors (Lipinski definition) is 5. The molecule has 2 atom stereocenters. The summed E-state index contributed by atoms with van der Waals surface area (Å²) in [5, 5.41) is 3.41. The highest BCUT2D eigenvalue weighted by atomic mass is 35.5. The van der Waals surface area contributed by atoms with Crippen LogP contribution in [-0.2, 0) is 14.8 Å². The second-order valence-corrected chi connectivity index (χ2v) is 9.88. The number of halogens is 1. The molecule has 1 aliphatic heterocycles. The first-order chi connectivity index (χ1) is 14.7. The van der Waals surface area contributed by atoms with E-state index < -0.39 is 10.0 Å². The van der Waals surface area contributed by atoms with E-state index >= 15 is 0 Å². The molecule has 0 bridgehead atoms. The van der Waals surface area contributed by atoms with Crippen molar-refractivity contribution in [2.75, 3.05) is 30.9 Å². The van der Waals surface area contributed by atoms with Crippen molar-refractivity contribution in [3.63, 3.8) is 0 Å². The number of carbonyl (C=O) groups excluding carboxylic acids is 1. The van der Waals surface area contributed by atoms with E-state index in [0.29, 0.717) is 22.8 Å². The van der Waals surface area contributed by atoms with Gasteiger partial charge in [0.05, 0.1) is 17.1 Å². The Kier molecular flexibility index (Phi) is 7.94. The van der Waals surface area contributed by atoms with E-state index in [4.69, 9.17) is 16.3 Å². The number of nitrogens with one attached hydrogen (secondary N) is 2. The fourth-order valence-corrected chi connectivity index (χ4v) is 4.78. The number of sulfonamides is 1. The van der Waals surface area contributed by atoms with Crippen molar-refractivity contribution in [2.45, 2.75) is 37.4 Å². The van der Waals surface area contributed by atoms with Crippen LogP contribution in [0.3, 0.4) is 0 Å². The molecule has 1 amide bonds. The molecule has 9 heteroatoms. The lowest BCUT2D eigenvalue weighted by Crippen LogP contribution is -2.46. The Morgan fingerprint density at radius 2 is 1.68 bits per heavy atom. The van der Waals surface area contributed by atoms with E-state index in [1.807, 2.05) is 0 Å². The van der Waals surface area contributed by atoms with Gasteiger partial charge in [-0.15, -0.1) is 0 Å². The molecule has 1 heterocycles. The SMILES string of the molecule is C[C@@H]1CN(CCCNC(=O)c2ccc(S(=O)(=O)Nc3ccc(Cl)cc3)cc2)C[C@H](C)O1. The molecule has 0 radical (unpaired) electrons. The maximum atomic E-state index is 12.5. The summed E-state index contributed by atoms with van der Waals surface area (Å²) in [7, 11) is -3.75. The summed E-state index contributed by atoms with van der Waals surface area (Å²) in [6.07, 6.45) is 1.28. The smallest absolute Gasteiger partial charge is 0.261 e. The van der Waals surface area contributed by atoms with Crippen LogP contribution in [0.4, 0.5) is 5.69 Å². The number of nitrogens with zero attached hydrogens (tertiary/aromatic N) is 1. The maximum Gasteiger partial charge on any atom is 0.261 e. The molecule has 1 fully saturated rings. The minimum atomic E-state index is -3.75. The average molecular weight is 466 g/mol. The van der Waals surface area contributed by atoms with Crippen molar-refractivity contribution in [1.29, 1.82) is 0 Å². The second-order valence-electron chi connectivity index (χ2n) is 7.76. The van der Waals surface area contributed by atoms with Crippen LogP contribution >= 0.6 is 11.6 Å². The van der Waals surface area contributed by atoms with Gasteiger partial charge < -0.3 is 10.1 Å². The first-order valence-corrected chi connectivity index (χ1v) is 12.1. The van der Waals surface area contributed by atoms with Gasteiger partial charge in [-0.2, -0.15) is 0 Å². The summed E-state index contributed by atoms with van der Waals surface area (Å²) in [6, 6.07) is 12.2. The van der Waals surface area contributed by atoms with Crippen molar-refractivity contribution in [3.8, 4) is 0 Å². The van der Waals surface area contributed by atoms with Crippen molar-refractivity contribution < 1.29 is 17.9 Å². The predicted molar refractivity (Wildman–Crippen MR) is 122 cm³/mol. The van der Waals surface area contributed by atoms with Gasteiger partial charge in [0.25, 0.3) is 15.9 Å². The third-order valence-corrected chi connectivity index (χ3v) is 6.60. The molecule has 0 aromatic heterocycles. The van der Waals surface area contributed by atoms with E-state index in [0.717, 1.165) is 26.1 Å². The van der Waals surface area contributed by atoms with Crippen molar-refractivity contribution in [1.82, 2.24) is 10.2 Å². The van der Waals surface area contributed by atoms with E-state index in [1.165, 1.54) is 24.3 Å². The summed E-state index contributed by atoms with van der Waals surface area (Å²) < 4.78 is 33.2. The topological polar surface area (TPSA) is 87.7 Å². The fourth-order valence-electron chi connectivity index (χ4n) is 3.59. The first kappa shape index (κ1) is 23.5. The number of hydrogen-bond donors (Lipinski definition) is 2.